The zero-order valence-electron chi connectivity index (χ0n) is 21.6. The number of amides is 1. The summed E-state index contributed by atoms with van der Waals surface area (Å²) in [6, 6.07) is 11.6. The molecule has 1 N–H and O–H groups in total. The average molecular weight is 557 g/mol. The summed E-state index contributed by atoms with van der Waals surface area (Å²) in [7, 11) is 1.62. The van der Waals surface area contributed by atoms with Gasteiger partial charge in [-0.15, -0.1) is 0 Å². The highest BCUT2D eigenvalue weighted by molar-refractivity contribution is 9.10. The molecule has 2 aromatic carbocycles. The molecule has 3 aromatic rings. The summed E-state index contributed by atoms with van der Waals surface area (Å²) in [6.45, 7) is 12.0. The maximum absolute atomic E-state index is 13.4. The molecule has 0 aliphatic rings. The average Bonchev–Trinajstić information content (AvgIpc) is 3.28. The van der Waals surface area contributed by atoms with Gasteiger partial charge in [0, 0.05) is 11.1 Å². The van der Waals surface area contributed by atoms with E-state index in [4.69, 9.17) is 4.74 Å². The first kappa shape index (κ1) is 29.0. The van der Waals surface area contributed by atoms with Crippen molar-refractivity contribution in [3.8, 4) is 11.4 Å². The fourth-order valence-corrected chi connectivity index (χ4v) is 4.26. The van der Waals surface area contributed by atoms with Crippen molar-refractivity contribution in [2.75, 3.05) is 7.11 Å². The number of carbonyl (C=O) groups excluding carboxylic acids is 1. The summed E-state index contributed by atoms with van der Waals surface area (Å²) >= 11 is 3.53. The van der Waals surface area contributed by atoms with E-state index in [2.05, 4.69) is 53.7 Å². The van der Waals surface area contributed by atoms with Crippen LogP contribution in [0.25, 0.3) is 17.3 Å². The molecular weight excluding hydrogens is 521 g/mol. The summed E-state index contributed by atoms with van der Waals surface area (Å²) in [5.41, 5.74) is 3.47. The van der Waals surface area contributed by atoms with Crippen molar-refractivity contribution < 1.29 is 13.9 Å². The molecule has 0 saturated carbocycles. The van der Waals surface area contributed by atoms with E-state index in [1.165, 1.54) is 18.6 Å². The Morgan fingerprint density at radius 3 is 2.42 bits per heavy atom. The van der Waals surface area contributed by atoms with Gasteiger partial charge in [-0.05, 0) is 77.3 Å². The maximum Gasteiger partial charge on any atom is 0.252 e. The normalized spacial score (nSPS) is 11.8. The SMILES string of the molecule is C=Cc1c(/C(=C\C)C(=O)NC(CCC)c2ccc(OC)c(Br)c2)cnn1-c1ccc(F)cc1.CCC. The number of methoxy groups -OCH3 is 1. The first-order valence-corrected chi connectivity index (χ1v) is 12.9. The van der Waals surface area contributed by atoms with E-state index < -0.39 is 0 Å². The lowest BCUT2D eigenvalue weighted by Gasteiger charge is -2.20. The molecule has 0 aliphatic carbocycles. The second-order valence-corrected chi connectivity index (χ2v) is 9.01. The number of hydrogen-bond donors (Lipinski definition) is 1. The molecule has 0 saturated heterocycles. The molecule has 1 atom stereocenters. The fraction of sp³-hybridized carbons (Fsp3) is 0.310. The number of allylic oxidation sites excluding steroid dienone is 1. The predicted molar refractivity (Wildman–Crippen MR) is 150 cm³/mol. The van der Waals surface area contributed by atoms with Gasteiger partial charge < -0.3 is 10.1 Å². The summed E-state index contributed by atoms with van der Waals surface area (Å²) in [5.74, 6) is 0.204. The second-order valence-electron chi connectivity index (χ2n) is 8.15. The van der Waals surface area contributed by atoms with Crippen LogP contribution in [0.5, 0.6) is 5.75 Å². The van der Waals surface area contributed by atoms with Gasteiger partial charge in [-0.1, -0.05) is 52.3 Å². The summed E-state index contributed by atoms with van der Waals surface area (Å²) in [5, 5.41) is 7.59. The lowest BCUT2D eigenvalue weighted by atomic mass is 10.00. The van der Waals surface area contributed by atoms with Crippen molar-refractivity contribution in [1.82, 2.24) is 15.1 Å². The van der Waals surface area contributed by atoms with E-state index in [-0.39, 0.29) is 17.8 Å². The molecule has 5 nitrogen and oxygen atoms in total. The van der Waals surface area contributed by atoms with Crippen LogP contribution in [0.15, 0.2) is 65.8 Å². The quantitative estimate of drug-likeness (QED) is 0.273. The van der Waals surface area contributed by atoms with Crippen LogP contribution >= 0.6 is 15.9 Å². The van der Waals surface area contributed by atoms with Gasteiger partial charge in [-0.3, -0.25) is 4.79 Å². The van der Waals surface area contributed by atoms with Gasteiger partial charge >= 0.3 is 0 Å². The minimum atomic E-state index is -0.327. The number of carbonyl (C=O) groups is 1. The third kappa shape index (κ3) is 7.17. The topological polar surface area (TPSA) is 56.1 Å². The first-order chi connectivity index (χ1) is 17.3. The van der Waals surface area contributed by atoms with Crippen LogP contribution in [0.1, 0.15) is 69.8 Å². The predicted octanol–water partition coefficient (Wildman–Crippen LogP) is 7.90. The number of benzene rings is 2. The number of halogens is 2. The van der Waals surface area contributed by atoms with Crippen molar-refractivity contribution in [3.05, 3.63) is 88.4 Å². The minimum Gasteiger partial charge on any atom is -0.496 e. The van der Waals surface area contributed by atoms with Crippen LogP contribution in [-0.2, 0) is 4.79 Å². The van der Waals surface area contributed by atoms with Crippen molar-refractivity contribution >= 4 is 33.5 Å². The molecule has 192 valence electrons. The Labute approximate surface area is 222 Å². The molecule has 0 spiro atoms. The van der Waals surface area contributed by atoms with Crippen molar-refractivity contribution in [2.45, 2.75) is 53.0 Å². The van der Waals surface area contributed by atoms with E-state index in [0.717, 1.165) is 28.6 Å². The lowest BCUT2D eigenvalue weighted by Crippen LogP contribution is -2.29. The molecule has 0 fully saturated rings. The van der Waals surface area contributed by atoms with Crippen molar-refractivity contribution in [3.63, 3.8) is 0 Å². The number of hydrogen-bond acceptors (Lipinski definition) is 3. The van der Waals surface area contributed by atoms with E-state index >= 15 is 0 Å². The van der Waals surface area contributed by atoms with Gasteiger partial charge in [-0.25, -0.2) is 9.07 Å². The number of nitrogens with one attached hydrogen (secondary N) is 1. The van der Waals surface area contributed by atoms with Crippen LogP contribution in [-0.4, -0.2) is 22.8 Å². The molecule has 1 unspecified atom stereocenters. The van der Waals surface area contributed by atoms with Crippen LogP contribution in [0.2, 0.25) is 0 Å². The molecule has 36 heavy (non-hydrogen) atoms. The van der Waals surface area contributed by atoms with E-state index in [0.29, 0.717) is 22.5 Å². The fourth-order valence-electron chi connectivity index (χ4n) is 3.71. The number of nitrogens with zero attached hydrogens (tertiary/aromatic N) is 2. The largest absolute Gasteiger partial charge is 0.496 e. The highest BCUT2D eigenvalue weighted by Crippen LogP contribution is 2.31. The molecule has 1 heterocycles. The number of aromatic nitrogens is 2. The second kappa shape index (κ2) is 14.4. The Bertz CT molecular complexity index is 1190. The van der Waals surface area contributed by atoms with Gasteiger partial charge in [0.2, 0.25) is 0 Å². The van der Waals surface area contributed by atoms with E-state index in [9.17, 15) is 9.18 Å². The molecular formula is C29H35BrFN3O2. The smallest absolute Gasteiger partial charge is 0.252 e. The maximum atomic E-state index is 13.4. The highest BCUT2D eigenvalue weighted by Gasteiger charge is 2.22. The van der Waals surface area contributed by atoms with E-state index in [1.54, 1.807) is 42.3 Å². The molecule has 1 amide bonds. The zero-order valence-corrected chi connectivity index (χ0v) is 23.2. The summed E-state index contributed by atoms with van der Waals surface area (Å²) in [6.07, 6.45) is 7.98. The molecule has 0 radical (unpaired) electrons. The van der Waals surface area contributed by atoms with Gasteiger partial charge in [-0.2, -0.15) is 5.10 Å². The molecule has 1 aromatic heterocycles. The van der Waals surface area contributed by atoms with Crippen LogP contribution in [0, 0.1) is 5.82 Å². The molecule has 3 rings (SSSR count). The molecule has 7 heteroatoms. The van der Waals surface area contributed by atoms with Gasteiger partial charge in [0.1, 0.15) is 11.6 Å². The van der Waals surface area contributed by atoms with Gasteiger partial charge in [0.05, 0.1) is 35.2 Å². The van der Waals surface area contributed by atoms with Gasteiger partial charge in [0.25, 0.3) is 5.91 Å². The van der Waals surface area contributed by atoms with Crippen molar-refractivity contribution in [2.24, 2.45) is 0 Å². The number of rotatable bonds is 9. The van der Waals surface area contributed by atoms with Gasteiger partial charge in [0.15, 0.2) is 0 Å². The van der Waals surface area contributed by atoms with E-state index in [1.807, 2.05) is 25.1 Å². The Balaban J connectivity index is 0.00000145. The highest BCUT2D eigenvalue weighted by atomic mass is 79.9. The zero-order chi connectivity index (χ0) is 26.7. The third-order valence-electron chi connectivity index (χ3n) is 5.36. The minimum absolute atomic E-state index is 0.168. The summed E-state index contributed by atoms with van der Waals surface area (Å²) in [4.78, 5) is 13.4. The molecule has 0 aliphatic heterocycles. The third-order valence-corrected chi connectivity index (χ3v) is 5.98. The standard InChI is InChI=1S/C26H27BrFN3O2.C3H8/c1-5-8-23(17-9-14-25(33-4)22(27)15-17)30-26(32)20(6-2)21-16-29-31(24(21)7-3)19-12-10-18(28)11-13-19;1-3-2/h6-7,9-16,23H,3,5,8H2,1-2,4H3,(H,30,32);3H2,1-2H3/b20-6+;. The Hall–Kier alpha value is -3.19. The summed E-state index contributed by atoms with van der Waals surface area (Å²) < 4.78 is 21.1. The Morgan fingerprint density at radius 2 is 1.89 bits per heavy atom. The van der Waals surface area contributed by atoms with Crippen molar-refractivity contribution in [1.29, 1.82) is 0 Å². The van der Waals surface area contributed by atoms with Crippen LogP contribution < -0.4 is 10.1 Å². The first-order valence-electron chi connectivity index (χ1n) is 12.1. The Kier molecular flexibility index (Phi) is 11.6. The van der Waals surface area contributed by atoms with Crippen LogP contribution in [0.4, 0.5) is 4.39 Å². The monoisotopic (exact) mass is 555 g/mol. The Morgan fingerprint density at radius 1 is 1.22 bits per heavy atom. The lowest BCUT2D eigenvalue weighted by molar-refractivity contribution is -0.116. The molecule has 0 bridgehead atoms. The number of ether oxygens (including phenoxy) is 1. The van der Waals surface area contributed by atoms with Crippen LogP contribution in [0.3, 0.4) is 0 Å².